The van der Waals surface area contributed by atoms with Gasteiger partial charge in [0, 0.05) is 24.3 Å². The van der Waals surface area contributed by atoms with Crippen LogP contribution in [0.25, 0.3) is 0 Å². The number of hydrogen-bond donors (Lipinski definition) is 1. The molecule has 0 aliphatic heterocycles. The van der Waals surface area contributed by atoms with Gasteiger partial charge in [0.1, 0.15) is 11.6 Å². The summed E-state index contributed by atoms with van der Waals surface area (Å²) in [6, 6.07) is 5.98. The first-order valence-corrected chi connectivity index (χ1v) is 8.50. The molecule has 5 heteroatoms. The van der Waals surface area contributed by atoms with Gasteiger partial charge < -0.3 is 10.2 Å². The zero-order valence-corrected chi connectivity index (χ0v) is 16.3. The predicted molar refractivity (Wildman–Crippen MR) is 103 cm³/mol. The van der Waals surface area contributed by atoms with Crippen LogP contribution in [-0.2, 0) is 10.2 Å². The quantitative estimate of drug-likeness (QED) is 0.920. The van der Waals surface area contributed by atoms with Crippen molar-refractivity contribution in [3.05, 3.63) is 46.9 Å². The van der Waals surface area contributed by atoms with E-state index in [1.54, 1.807) is 6.20 Å². The van der Waals surface area contributed by atoms with E-state index >= 15 is 0 Å². The second-order valence-electron chi connectivity index (χ2n) is 7.67. The Balaban J connectivity index is 2.11. The van der Waals surface area contributed by atoms with Crippen molar-refractivity contribution < 1.29 is 4.79 Å². The first-order valence-electron chi connectivity index (χ1n) is 8.50. The summed E-state index contributed by atoms with van der Waals surface area (Å²) in [6.07, 6.45) is 1.74. The number of amides is 1. The summed E-state index contributed by atoms with van der Waals surface area (Å²) < 4.78 is 0. The molecular weight excluding hydrogens is 312 g/mol. The molecule has 2 rings (SSSR count). The van der Waals surface area contributed by atoms with Crippen LogP contribution in [0.2, 0.25) is 0 Å². The third kappa shape index (κ3) is 4.78. The second-order valence-corrected chi connectivity index (χ2v) is 7.67. The minimum Gasteiger partial charge on any atom is -0.350 e. The Hall–Kier alpha value is -2.43. The van der Waals surface area contributed by atoms with Crippen LogP contribution < -0.4 is 10.2 Å². The van der Waals surface area contributed by atoms with E-state index in [0.717, 1.165) is 28.5 Å². The van der Waals surface area contributed by atoms with Gasteiger partial charge in [0.25, 0.3) is 0 Å². The zero-order chi connectivity index (χ0) is 18.8. The summed E-state index contributed by atoms with van der Waals surface area (Å²) in [5.41, 5.74) is 4.11. The van der Waals surface area contributed by atoms with Crippen LogP contribution in [0, 0.1) is 20.8 Å². The van der Waals surface area contributed by atoms with Gasteiger partial charge in [-0.3, -0.25) is 4.79 Å². The van der Waals surface area contributed by atoms with Gasteiger partial charge in [-0.05, 0) is 38.0 Å². The molecule has 1 N–H and O–H groups in total. The highest BCUT2D eigenvalue weighted by molar-refractivity contribution is 5.95. The van der Waals surface area contributed by atoms with Gasteiger partial charge in [-0.2, -0.15) is 0 Å². The number of hydrogen-bond acceptors (Lipinski definition) is 4. The molecule has 5 nitrogen and oxygen atoms in total. The Morgan fingerprint density at radius 2 is 1.76 bits per heavy atom. The number of benzene rings is 1. The Bertz CT molecular complexity index is 755. The standard InChI is InChI=1S/C20H28N4O/c1-13-10-14(2)18(15(3)11-13)23-17(25)12-24(7)16-8-9-21-19(22-16)20(4,5)6/h8-11H,12H2,1-7H3,(H,23,25). The van der Waals surface area contributed by atoms with Crippen LogP contribution in [0.4, 0.5) is 11.5 Å². The summed E-state index contributed by atoms with van der Waals surface area (Å²) in [4.78, 5) is 23.2. The number of aromatic nitrogens is 2. The van der Waals surface area contributed by atoms with E-state index in [-0.39, 0.29) is 17.9 Å². The molecule has 0 bridgehead atoms. The first kappa shape index (κ1) is 18.9. The van der Waals surface area contributed by atoms with Crippen LogP contribution in [-0.4, -0.2) is 29.5 Å². The zero-order valence-electron chi connectivity index (χ0n) is 16.3. The molecule has 1 aromatic carbocycles. The lowest BCUT2D eigenvalue weighted by molar-refractivity contribution is -0.114. The van der Waals surface area contributed by atoms with E-state index in [4.69, 9.17) is 0 Å². The molecule has 1 heterocycles. The molecular formula is C20H28N4O. The number of carbonyl (C=O) groups is 1. The molecule has 134 valence electrons. The minimum atomic E-state index is -0.130. The number of rotatable bonds is 4. The maximum atomic E-state index is 12.5. The van der Waals surface area contributed by atoms with E-state index in [0.29, 0.717) is 0 Å². The lowest BCUT2D eigenvalue weighted by atomic mass is 9.96. The van der Waals surface area contributed by atoms with Crippen molar-refractivity contribution in [2.75, 3.05) is 23.8 Å². The van der Waals surface area contributed by atoms with Crippen molar-refractivity contribution in [1.82, 2.24) is 9.97 Å². The number of aryl methyl sites for hydroxylation is 3. The van der Waals surface area contributed by atoms with E-state index in [1.165, 1.54) is 5.56 Å². The Morgan fingerprint density at radius 1 is 1.16 bits per heavy atom. The molecule has 0 spiro atoms. The fraction of sp³-hybridized carbons (Fsp3) is 0.450. The van der Waals surface area contributed by atoms with Crippen LogP contribution in [0.15, 0.2) is 24.4 Å². The SMILES string of the molecule is Cc1cc(C)c(NC(=O)CN(C)c2ccnc(C(C)(C)C)n2)c(C)c1. The number of anilines is 2. The molecule has 0 saturated heterocycles. The van der Waals surface area contributed by atoms with Gasteiger partial charge in [-0.25, -0.2) is 9.97 Å². The Labute approximate surface area is 150 Å². The van der Waals surface area contributed by atoms with Crippen molar-refractivity contribution >= 4 is 17.4 Å². The van der Waals surface area contributed by atoms with E-state index < -0.39 is 0 Å². The summed E-state index contributed by atoms with van der Waals surface area (Å²) in [6.45, 7) is 12.5. The molecule has 0 fully saturated rings. The molecule has 0 saturated carbocycles. The van der Waals surface area contributed by atoms with E-state index in [2.05, 4.69) is 55.1 Å². The van der Waals surface area contributed by atoms with Crippen molar-refractivity contribution in [3.8, 4) is 0 Å². The molecule has 2 aromatic rings. The minimum absolute atomic E-state index is 0.0616. The van der Waals surface area contributed by atoms with Gasteiger partial charge in [-0.15, -0.1) is 0 Å². The first-order chi connectivity index (χ1) is 11.6. The second kappa shape index (κ2) is 7.21. The van der Waals surface area contributed by atoms with Crippen molar-refractivity contribution in [1.29, 1.82) is 0 Å². The summed E-state index contributed by atoms with van der Waals surface area (Å²) in [5, 5.41) is 3.03. The molecule has 1 aromatic heterocycles. The van der Waals surface area contributed by atoms with E-state index in [9.17, 15) is 4.79 Å². The maximum Gasteiger partial charge on any atom is 0.243 e. The van der Waals surface area contributed by atoms with Crippen LogP contribution in [0.3, 0.4) is 0 Å². The number of nitrogens with one attached hydrogen (secondary N) is 1. The summed E-state index contributed by atoms with van der Waals surface area (Å²) in [7, 11) is 1.86. The third-order valence-electron chi connectivity index (χ3n) is 4.03. The lowest BCUT2D eigenvalue weighted by Gasteiger charge is -2.22. The van der Waals surface area contributed by atoms with Gasteiger partial charge in [0.2, 0.25) is 5.91 Å². The molecule has 0 aliphatic carbocycles. The van der Waals surface area contributed by atoms with Crippen molar-refractivity contribution in [3.63, 3.8) is 0 Å². The highest BCUT2D eigenvalue weighted by Gasteiger charge is 2.19. The average molecular weight is 340 g/mol. The van der Waals surface area contributed by atoms with Gasteiger partial charge in [0.05, 0.1) is 6.54 Å². The normalized spacial score (nSPS) is 11.3. The average Bonchev–Trinajstić information content (AvgIpc) is 2.50. The highest BCUT2D eigenvalue weighted by atomic mass is 16.2. The highest BCUT2D eigenvalue weighted by Crippen LogP contribution is 2.22. The smallest absolute Gasteiger partial charge is 0.243 e. The van der Waals surface area contributed by atoms with Gasteiger partial charge >= 0.3 is 0 Å². The summed E-state index contributed by atoms with van der Waals surface area (Å²) >= 11 is 0. The third-order valence-corrected chi connectivity index (χ3v) is 4.03. The Morgan fingerprint density at radius 3 is 2.32 bits per heavy atom. The van der Waals surface area contributed by atoms with Gasteiger partial charge in [0.15, 0.2) is 0 Å². The van der Waals surface area contributed by atoms with Crippen molar-refractivity contribution in [2.45, 2.75) is 47.0 Å². The molecule has 0 radical (unpaired) electrons. The van der Waals surface area contributed by atoms with Crippen LogP contribution in [0.1, 0.15) is 43.3 Å². The van der Waals surface area contributed by atoms with Crippen LogP contribution in [0.5, 0.6) is 0 Å². The molecule has 1 amide bonds. The molecule has 0 unspecified atom stereocenters. The summed E-state index contributed by atoms with van der Waals surface area (Å²) in [5.74, 6) is 1.45. The van der Waals surface area contributed by atoms with E-state index in [1.807, 2.05) is 31.9 Å². The molecule has 25 heavy (non-hydrogen) atoms. The monoisotopic (exact) mass is 340 g/mol. The van der Waals surface area contributed by atoms with Crippen molar-refractivity contribution in [2.24, 2.45) is 0 Å². The lowest BCUT2D eigenvalue weighted by Crippen LogP contribution is -2.31. The Kier molecular flexibility index (Phi) is 5.45. The van der Waals surface area contributed by atoms with Gasteiger partial charge in [-0.1, -0.05) is 38.5 Å². The predicted octanol–water partition coefficient (Wildman–Crippen LogP) is 3.77. The number of likely N-dealkylation sites (N-methyl/N-ethyl adjacent to an activating group) is 1. The maximum absolute atomic E-state index is 12.5. The topological polar surface area (TPSA) is 58.1 Å². The van der Waals surface area contributed by atoms with Crippen LogP contribution >= 0.6 is 0 Å². The number of carbonyl (C=O) groups excluding carboxylic acids is 1. The largest absolute Gasteiger partial charge is 0.350 e. The number of nitrogens with zero attached hydrogens (tertiary/aromatic N) is 3. The molecule has 0 aliphatic rings. The molecule has 0 atom stereocenters. The fourth-order valence-electron chi connectivity index (χ4n) is 2.78. The fourth-order valence-corrected chi connectivity index (χ4v) is 2.78.